The van der Waals surface area contributed by atoms with Gasteiger partial charge in [-0.2, -0.15) is 0 Å². The van der Waals surface area contributed by atoms with Crippen molar-refractivity contribution in [2.24, 2.45) is 0 Å². The zero-order valence-electron chi connectivity index (χ0n) is 14.8. The number of rotatable bonds is 6. The summed E-state index contributed by atoms with van der Waals surface area (Å²) in [5.74, 6) is -0.0962. The van der Waals surface area contributed by atoms with E-state index in [2.05, 4.69) is 6.58 Å². The summed E-state index contributed by atoms with van der Waals surface area (Å²) in [6.07, 6.45) is 3.05. The van der Waals surface area contributed by atoms with Crippen molar-refractivity contribution in [2.75, 3.05) is 6.54 Å². The third kappa shape index (κ3) is 5.11. The Morgan fingerprint density at radius 1 is 1.03 bits per heavy atom. The van der Waals surface area contributed by atoms with E-state index in [1.54, 1.807) is 36.4 Å². The van der Waals surface area contributed by atoms with Crippen LogP contribution in [0.3, 0.4) is 0 Å². The second-order valence-electron chi connectivity index (χ2n) is 5.92. The first-order chi connectivity index (χ1) is 13.8. The van der Waals surface area contributed by atoms with Crippen molar-refractivity contribution in [3.8, 4) is 5.75 Å². The zero-order valence-corrected chi connectivity index (χ0v) is 18.6. The van der Waals surface area contributed by atoms with Crippen molar-refractivity contribution in [2.45, 2.75) is 6.61 Å². The summed E-state index contributed by atoms with van der Waals surface area (Å²) < 4.78 is 5.73. The molecule has 0 radical (unpaired) electrons. The van der Waals surface area contributed by atoms with E-state index >= 15 is 0 Å². The Kier molecular flexibility index (Phi) is 7.19. The molecule has 1 saturated heterocycles. The van der Waals surface area contributed by atoms with Crippen molar-refractivity contribution >= 4 is 75.4 Å². The van der Waals surface area contributed by atoms with Gasteiger partial charge in [0.2, 0.25) is 0 Å². The van der Waals surface area contributed by atoms with Crippen LogP contribution in [0.1, 0.15) is 11.1 Å². The Bertz CT molecular complexity index is 1020. The van der Waals surface area contributed by atoms with Gasteiger partial charge in [0.1, 0.15) is 6.61 Å². The Labute approximate surface area is 192 Å². The molecular weight excluding hydrogens is 476 g/mol. The van der Waals surface area contributed by atoms with Crippen LogP contribution in [0.15, 0.2) is 47.9 Å². The molecule has 1 aliphatic rings. The molecule has 150 valence electrons. The molecule has 2 aromatic rings. The Morgan fingerprint density at radius 3 is 2.34 bits per heavy atom. The highest BCUT2D eigenvalue weighted by Gasteiger charge is 2.34. The molecule has 0 N–H and O–H groups in total. The topological polar surface area (TPSA) is 46.6 Å². The number of imide groups is 1. The quantitative estimate of drug-likeness (QED) is 0.321. The number of nitrogens with zero attached hydrogens (tertiary/aromatic N) is 1. The van der Waals surface area contributed by atoms with Gasteiger partial charge in [0.25, 0.3) is 11.1 Å². The van der Waals surface area contributed by atoms with Crippen LogP contribution >= 0.6 is 58.2 Å². The lowest BCUT2D eigenvalue weighted by Crippen LogP contribution is -2.27. The monoisotopic (exact) mass is 487 g/mol. The van der Waals surface area contributed by atoms with E-state index < -0.39 is 0 Å². The lowest BCUT2D eigenvalue weighted by atomic mass is 10.2. The van der Waals surface area contributed by atoms with Crippen molar-refractivity contribution in [1.82, 2.24) is 4.90 Å². The molecule has 0 aliphatic carbocycles. The number of benzene rings is 2. The van der Waals surface area contributed by atoms with Gasteiger partial charge in [-0.05, 0) is 47.7 Å². The van der Waals surface area contributed by atoms with Crippen LogP contribution in [0, 0.1) is 0 Å². The summed E-state index contributed by atoms with van der Waals surface area (Å²) in [5, 5.41) is 1.17. The van der Waals surface area contributed by atoms with Gasteiger partial charge < -0.3 is 4.74 Å². The number of thioether (sulfide) groups is 1. The van der Waals surface area contributed by atoms with E-state index in [4.69, 9.17) is 51.1 Å². The molecule has 2 aromatic carbocycles. The van der Waals surface area contributed by atoms with Crippen LogP contribution in [0.2, 0.25) is 20.1 Å². The van der Waals surface area contributed by atoms with E-state index in [1.807, 2.05) is 0 Å². The molecule has 4 nitrogen and oxygen atoms in total. The number of carbonyl (C=O) groups is 2. The standard InChI is InChI=1S/C20H13Cl4NO3S/c1-2-5-25-19(26)17(29-20(25)27)8-11-6-15(23)18(16(24)7-11)28-10-12-3-4-13(21)9-14(12)22/h2-4,6-9H,1,5,10H2/b17-8+. The van der Waals surface area contributed by atoms with Gasteiger partial charge >= 0.3 is 0 Å². The molecule has 29 heavy (non-hydrogen) atoms. The third-order valence-electron chi connectivity index (χ3n) is 3.89. The third-order valence-corrected chi connectivity index (χ3v) is 5.95. The second-order valence-corrected chi connectivity index (χ2v) is 8.57. The maximum absolute atomic E-state index is 12.3. The molecule has 1 heterocycles. The van der Waals surface area contributed by atoms with E-state index in [0.29, 0.717) is 15.6 Å². The number of ether oxygens (including phenoxy) is 1. The predicted molar refractivity (Wildman–Crippen MR) is 120 cm³/mol. The number of amides is 2. The zero-order chi connectivity index (χ0) is 21.1. The highest BCUT2D eigenvalue weighted by molar-refractivity contribution is 8.18. The van der Waals surface area contributed by atoms with E-state index in [0.717, 1.165) is 22.2 Å². The first kappa shape index (κ1) is 22.1. The average Bonchev–Trinajstić information content (AvgIpc) is 2.90. The summed E-state index contributed by atoms with van der Waals surface area (Å²) in [4.78, 5) is 25.6. The van der Waals surface area contributed by atoms with E-state index in [1.165, 1.54) is 6.08 Å². The lowest BCUT2D eigenvalue weighted by Gasteiger charge is -2.12. The van der Waals surface area contributed by atoms with Gasteiger partial charge in [-0.1, -0.05) is 58.5 Å². The molecule has 9 heteroatoms. The Morgan fingerprint density at radius 2 is 1.72 bits per heavy atom. The summed E-state index contributed by atoms with van der Waals surface area (Å²) >= 11 is 25.5. The summed E-state index contributed by atoms with van der Waals surface area (Å²) in [7, 11) is 0. The molecule has 0 aromatic heterocycles. The van der Waals surface area contributed by atoms with E-state index in [9.17, 15) is 9.59 Å². The summed E-state index contributed by atoms with van der Waals surface area (Å²) in [6.45, 7) is 3.85. The predicted octanol–water partition coefficient (Wildman–Crippen LogP) is 7.10. The summed E-state index contributed by atoms with van der Waals surface area (Å²) in [6, 6.07) is 8.28. The normalized spacial score (nSPS) is 15.3. The van der Waals surface area contributed by atoms with Crippen molar-refractivity contribution in [1.29, 1.82) is 0 Å². The van der Waals surface area contributed by atoms with Crippen molar-refractivity contribution < 1.29 is 14.3 Å². The molecule has 0 bridgehead atoms. The smallest absolute Gasteiger partial charge is 0.293 e. The average molecular weight is 489 g/mol. The fourth-order valence-electron chi connectivity index (χ4n) is 2.53. The SMILES string of the molecule is C=CCN1C(=O)S/C(=C/c2cc(Cl)c(OCc3ccc(Cl)cc3Cl)c(Cl)c2)C1=O. The van der Waals surface area contributed by atoms with Gasteiger partial charge in [0.15, 0.2) is 5.75 Å². The van der Waals surface area contributed by atoms with Crippen LogP contribution in [0.25, 0.3) is 6.08 Å². The highest BCUT2D eigenvalue weighted by atomic mass is 35.5. The molecule has 0 unspecified atom stereocenters. The molecule has 0 saturated carbocycles. The second kappa shape index (κ2) is 9.45. The van der Waals surface area contributed by atoms with Gasteiger partial charge in [-0.15, -0.1) is 6.58 Å². The number of carbonyl (C=O) groups excluding carboxylic acids is 2. The van der Waals surface area contributed by atoms with Gasteiger partial charge in [-0.25, -0.2) is 0 Å². The molecule has 0 atom stereocenters. The van der Waals surface area contributed by atoms with Crippen LogP contribution < -0.4 is 4.74 Å². The minimum Gasteiger partial charge on any atom is -0.486 e. The molecule has 2 amide bonds. The fourth-order valence-corrected chi connectivity index (χ4v) is 4.45. The van der Waals surface area contributed by atoms with Crippen molar-refractivity contribution in [3.05, 3.63) is 79.1 Å². The number of halogens is 4. The van der Waals surface area contributed by atoms with E-state index in [-0.39, 0.29) is 45.0 Å². The van der Waals surface area contributed by atoms with Gasteiger partial charge in [0.05, 0.1) is 15.0 Å². The molecule has 1 fully saturated rings. The van der Waals surface area contributed by atoms with Crippen LogP contribution in [-0.4, -0.2) is 22.6 Å². The number of hydrogen-bond donors (Lipinski definition) is 0. The minimum absolute atomic E-state index is 0.148. The van der Waals surface area contributed by atoms with Crippen molar-refractivity contribution in [3.63, 3.8) is 0 Å². The van der Waals surface area contributed by atoms with Crippen LogP contribution in [0.4, 0.5) is 4.79 Å². The lowest BCUT2D eigenvalue weighted by molar-refractivity contribution is -0.122. The minimum atomic E-state index is -0.384. The molecule has 3 rings (SSSR count). The Balaban J connectivity index is 1.80. The molecule has 0 spiro atoms. The fraction of sp³-hybridized carbons (Fsp3) is 0.100. The first-order valence-corrected chi connectivity index (χ1v) is 10.5. The highest BCUT2D eigenvalue weighted by Crippen LogP contribution is 2.38. The van der Waals surface area contributed by atoms with Crippen LogP contribution in [0.5, 0.6) is 5.75 Å². The molecular formula is C20H13Cl4NO3S. The van der Waals surface area contributed by atoms with Gasteiger partial charge in [-0.3, -0.25) is 14.5 Å². The van der Waals surface area contributed by atoms with Crippen LogP contribution in [-0.2, 0) is 11.4 Å². The maximum atomic E-state index is 12.3. The number of hydrogen-bond acceptors (Lipinski definition) is 4. The van der Waals surface area contributed by atoms with Gasteiger partial charge in [0, 0.05) is 22.2 Å². The Hall–Kier alpha value is -1.63. The summed E-state index contributed by atoms with van der Waals surface area (Å²) in [5.41, 5.74) is 1.30. The molecule has 1 aliphatic heterocycles. The maximum Gasteiger partial charge on any atom is 0.293 e. The largest absolute Gasteiger partial charge is 0.486 e. The first-order valence-electron chi connectivity index (χ1n) is 8.22.